The number of hydrogen-bond donors (Lipinski definition) is 4. The first-order chi connectivity index (χ1) is 17.3. The third-order valence-electron chi connectivity index (χ3n) is 5.90. The molecule has 4 aromatic rings. The minimum Gasteiger partial charge on any atom is -0.490 e. The molecular formula is C29H30N2O5. The second-order valence-electron chi connectivity index (χ2n) is 9.07. The van der Waals surface area contributed by atoms with Crippen LogP contribution in [0, 0.1) is 0 Å². The van der Waals surface area contributed by atoms with E-state index in [0.29, 0.717) is 23.3 Å². The van der Waals surface area contributed by atoms with Crippen LogP contribution in [0.5, 0.6) is 5.75 Å². The zero-order chi connectivity index (χ0) is 25.7. The van der Waals surface area contributed by atoms with Crippen molar-refractivity contribution in [2.45, 2.75) is 38.8 Å². The molecule has 0 unspecified atom stereocenters. The standard InChI is InChI=1S/C29H30N2O5/c1-18(2)36-27-11-10-21(20-7-5-6-19(12-20)13-28(33)34)15-25(27)29(35)31-23(17-32)14-22-16-30-26-9-4-3-8-24(22)26/h3-12,15-16,18,23,30,32H,13-14,17H2,1-2H3,(H,31,35)(H,33,34)/t23-/m1/s1. The molecule has 36 heavy (non-hydrogen) atoms. The molecule has 0 radical (unpaired) electrons. The summed E-state index contributed by atoms with van der Waals surface area (Å²) in [5, 5.41) is 23.2. The van der Waals surface area contributed by atoms with Crippen LogP contribution in [0.3, 0.4) is 0 Å². The van der Waals surface area contributed by atoms with Gasteiger partial charge in [-0.15, -0.1) is 0 Å². The van der Waals surface area contributed by atoms with Gasteiger partial charge in [-0.1, -0.05) is 48.5 Å². The molecule has 186 valence electrons. The van der Waals surface area contributed by atoms with Crippen molar-refractivity contribution in [1.82, 2.24) is 10.3 Å². The minimum atomic E-state index is -0.904. The number of para-hydroxylation sites is 1. The van der Waals surface area contributed by atoms with Gasteiger partial charge in [-0.2, -0.15) is 0 Å². The van der Waals surface area contributed by atoms with Crippen molar-refractivity contribution in [2.24, 2.45) is 0 Å². The van der Waals surface area contributed by atoms with Gasteiger partial charge in [0.1, 0.15) is 5.75 Å². The number of amides is 1. The van der Waals surface area contributed by atoms with Gasteiger partial charge in [-0.05, 0) is 60.7 Å². The number of carboxylic acid groups (broad SMARTS) is 1. The van der Waals surface area contributed by atoms with Gasteiger partial charge < -0.3 is 25.3 Å². The predicted molar refractivity (Wildman–Crippen MR) is 139 cm³/mol. The Hall–Kier alpha value is -4.10. The van der Waals surface area contributed by atoms with Gasteiger partial charge in [0.05, 0.1) is 30.7 Å². The van der Waals surface area contributed by atoms with Gasteiger partial charge >= 0.3 is 5.97 Å². The van der Waals surface area contributed by atoms with E-state index in [-0.39, 0.29) is 25.0 Å². The molecule has 0 bridgehead atoms. The number of carboxylic acids is 1. The molecule has 0 aliphatic carbocycles. The van der Waals surface area contributed by atoms with E-state index in [9.17, 15) is 14.7 Å². The number of fused-ring (bicyclic) bond motifs is 1. The number of hydrogen-bond acceptors (Lipinski definition) is 4. The molecule has 1 amide bonds. The fourth-order valence-electron chi connectivity index (χ4n) is 4.27. The monoisotopic (exact) mass is 486 g/mol. The number of nitrogens with one attached hydrogen (secondary N) is 2. The summed E-state index contributed by atoms with van der Waals surface area (Å²) in [4.78, 5) is 27.8. The maximum absolute atomic E-state index is 13.4. The van der Waals surface area contributed by atoms with E-state index in [4.69, 9.17) is 9.84 Å². The van der Waals surface area contributed by atoms with Crippen molar-refractivity contribution in [2.75, 3.05) is 6.61 Å². The Balaban J connectivity index is 1.61. The van der Waals surface area contributed by atoms with Crippen molar-refractivity contribution >= 4 is 22.8 Å². The number of aliphatic hydroxyl groups excluding tert-OH is 1. The fraction of sp³-hybridized carbons (Fsp3) is 0.241. The number of carbonyl (C=O) groups excluding carboxylic acids is 1. The molecule has 7 heteroatoms. The molecule has 0 saturated carbocycles. The van der Waals surface area contributed by atoms with Gasteiger partial charge in [0.15, 0.2) is 0 Å². The van der Waals surface area contributed by atoms with Crippen LogP contribution < -0.4 is 10.1 Å². The summed E-state index contributed by atoms with van der Waals surface area (Å²) >= 11 is 0. The van der Waals surface area contributed by atoms with Crippen LogP contribution in [0.15, 0.2) is 72.9 Å². The van der Waals surface area contributed by atoms with Crippen LogP contribution in [0.4, 0.5) is 0 Å². The summed E-state index contributed by atoms with van der Waals surface area (Å²) in [6, 6.07) is 20.0. The van der Waals surface area contributed by atoms with E-state index in [1.54, 1.807) is 24.3 Å². The number of carbonyl (C=O) groups is 2. The Kier molecular flexibility index (Phi) is 7.71. The number of aliphatic carboxylic acids is 1. The smallest absolute Gasteiger partial charge is 0.307 e. The summed E-state index contributed by atoms with van der Waals surface area (Å²) in [7, 11) is 0. The highest BCUT2D eigenvalue weighted by Crippen LogP contribution is 2.29. The average molecular weight is 487 g/mol. The molecule has 0 spiro atoms. The first kappa shape index (κ1) is 25.0. The zero-order valence-electron chi connectivity index (χ0n) is 20.3. The van der Waals surface area contributed by atoms with Crippen LogP contribution in [0.1, 0.15) is 35.3 Å². The molecule has 1 atom stereocenters. The first-order valence-corrected chi connectivity index (χ1v) is 11.9. The summed E-state index contributed by atoms with van der Waals surface area (Å²) < 4.78 is 5.91. The van der Waals surface area contributed by atoms with Crippen molar-refractivity contribution in [3.05, 3.63) is 89.6 Å². The molecule has 1 aromatic heterocycles. The van der Waals surface area contributed by atoms with Crippen molar-refractivity contribution in [3.63, 3.8) is 0 Å². The molecule has 0 saturated heterocycles. The Bertz CT molecular complexity index is 1380. The Labute approximate surface area is 209 Å². The number of aromatic nitrogens is 1. The topological polar surface area (TPSA) is 112 Å². The average Bonchev–Trinajstić information content (AvgIpc) is 3.26. The van der Waals surface area contributed by atoms with Crippen molar-refractivity contribution < 1.29 is 24.5 Å². The molecule has 0 aliphatic heterocycles. The van der Waals surface area contributed by atoms with Gasteiger partial charge in [0, 0.05) is 17.1 Å². The second kappa shape index (κ2) is 11.1. The van der Waals surface area contributed by atoms with E-state index in [1.165, 1.54) is 0 Å². The lowest BCUT2D eigenvalue weighted by Crippen LogP contribution is -2.39. The summed E-state index contributed by atoms with van der Waals surface area (Å²) in [5.41, 5.74) is 4.60. The number of aliphatic hydroxyl groups is 1. The van der Waals surface area contributed by atoms with E-state index in [1.807, 2.05) is 62.5 Å². The third kappa shape index (κ3) is 5.93. The van der Waals surface area contributed by atoms with Crippen molar-refractivity contribution in [3.8, 4) is 16.9 Å². The molecule has 0 fully saturated rings. The molecular weight excluding hydrogens is 456 g/mol. The molecule has 7 nitrogen and oxygen atoms in total. The van der Waals surface area contributed by atoms with Crippen molar-refractivity contribution in [1.29, 1.82) is 0 Å². The predicted octanol–water partition coefficient (Wildman–Crippen LogP) is 4.58. The second-order valence-corrected chi connectivity index (χ2v) is 9.07. The minimum absolute atomic E-state index is 0.0816. The lowest BCUT2D eigenvalue weighted by molar-refractivity contribution is -0.136. The summed E-state index contributed by atoms with van der Waals surface area (Å²) in [5.74, 6) is -0.817. The Morgan fingerprint density at radius 3 is 2.53 bits per heavy atom. The summed E-state index contributed by atoms with van der Waals surface area (Å²) in [6.07, 6.45) is 2.14. The normalized spacial score (nSPS) is 12.0. The highest BCUT2D eigenvalue weighted by Gasteiger charge is 2.20. The molecule has 3 aromatic carbocycles. The maximum atomic E-state index is 13.4. The van der Waals surface area contributed by atoms with Crippen LogP contribution in [0.25, 0.3) is 22.0 Å². The third-order valence-corrected chi connectivity index (χ3v) is 5.90. The number of ether oxygens (including phenoxy) is 1. The van der Waals surface area contributed by atoms with Crippen LogP contribution in [-0.2, 0) is 17.6 Å². The lowest BCUT2D eigenvalue weighted by atomic mass is 9.99. The van der Waals surface area contributed by atoms with E-state index < -0.39 is 12.0 Å². The van der Waals surface area contributed by atoms with Gasteiger partial charge in [-0.3, -0.25) is 9.59 Å². The highest BCUT2D eigenvalue weighted by molar-refractivity contribution is 5.98. The van der Waals surface area contributed by atoms with E-state index >= 15 is 0 Å². The van der Waals surface area contributed by atoms with Crippen LogP contribution in [0.2, 0.25) is 0 Å². The summed E-state index contributed by atoms with van der Waals surface area (Å²) in [6.45, 7) is 3.56. The highest BCUT2D eigenvalue weighted by atomic mass is 16.5. The molecule has 1 heterocycles. The molecule has 4 rings (SSSR count). The molecule has 0 aliphatic rings. The molecule has 4 N–H and O–H groups in total. The first-order valence-electron chi connectivity index (χ1n) is 11.9. The van der Waals surface area contributed by atoms with Crippen LogP contribution >= 0.6 is 0 Å². The largest absolute Gasteiger partial charge is 0.490 e. The Morgan fingerprint density at radius 2 is 1.78 bits per heavy atom. The number of benzene rings is 3. The lowest BCUT2D eigenvalue weighted by Gasteiger charge is -2.19. The van der Waals surface area contributed by atoms with Gasteiger partial charge in [0.25, 0.3) is 5.91 Å². The van der Waals surface area contributed by atoms with E-state index in [2.05, 4.69) is 10.3 Å². The van der Waals surface area contributed by atoms with Gasteiger partial charge in [-0.25, -0.2) is 0 Å². The Morgan fingerprint density at radius 1 is 1.00 bits per heavy atom. The zero-order valence-corrected chi connectivity index (χ0v) is 20.3. The maximum Gasteiger partial charge on any atom is 0.307 e. The van der Waals surface area contributed by atoms with E-state index in [0.717, 1.165) is 27.6 Å². The van der Waals surface area contributed by atoms with Crippen LogP contribution in [-0.4, -0.2) is 45.8 Å². The SMILES string of the molecule is CC(C)Oc1ccc(-c2cccc(CC(=O)O)c2)cc1C(=O)N[C@@H](CO)Cc1c[nH]c2ccccc12. The number of H-pyrrole nitrogens is 1. The number of rotatable bonds is 10. The van der Waals surface area contributed by atoms with Gasteiger partial charge in [0.2, 0.25) is 0 Å². The fourth-order valence-corrected chi connectivity index (χ4v) is 4.27. The quantitative estimate of drug-likeness (QED) is 0.262. The number of aromatic amines is 1.